The van der Waals surface area contributed by atoms with Crippen molar-refractivity contribution in [3.8, 4) is 11.5 Å². The van der Waals surface area contributed by atoms with Gasteiger partial charge in [0.1, 0.15) is 0 Å². The smallest absolute Gasteiger partial charge is 0.165 e. The molecule has 3 nitrogen and oxygen atoms in total. The van der Waals surface area contributed by atoms with E-state index in [1.54, 1.807) is 0 Å². The number of aromatic hydroxyl groups is 1. The first-order valence-corrected chi connectivity index (χ1v) is 6.15. The van der Waals surface area contributed by atoms with Crippen molar-refractivity contribution in [1.29, 1.82) is 0 Å². The Bertz CT molecular complexity index is 467. The minimum absolute atomic E-state index is 0.147. The summed E-state index contributed by atoms with van der Waals surface area (Å²) in [5, 5.41) is 10.9. The van der Waals surface area contributed by atoms with Gasteiger partial charge in [0.25, 0.3) is 0 Å². The fourth-order valence-corrected chi connectivity index (χ4v) is 2.81. The maximum Gasteiger partial charge on any atom is 0.165 e. The van der Waals surface area contributed by atoms with Crippen LogP contribution in [-0.4, -0.2) is 12.2 Å². The molecule has 0 radical (unpaired) electrons. The summed E-state index contributed by atoms with van der Waals surface area (Å²) >= 11 is 6.28. The average molecular weight is 256 g/mol. The molecule has 1 aliphatic rings. The van der Waals surface area contributed by atoms with E-state index < -0.39 is 5.54 Å². The number of hydrogen-bond acceptors (Lipinski definition) is 3. The Kier molecular flexibility index (Phi) is 3.00. The van der Waals surface area contributed by atoms with Gasteiger partial charge in [0.15, 0.2) is 11.5 Å². The predicted octanol–water partition coefficient (Wildman–Crippen LogP) is 3.01. The maximum absolute atomic E-state index is 10.3. The molecule has 94 valence electrons. The quantitative estimate of drug-likeness (QED) is 0.854. The highest BCUT2D eigenvalue weighted by atomic mass is 35.5. The number of hydrogen-bond donors (Lipinski definition) is 2. The molecule has 3 N–H and O–H groups in total. The van der Waals surface area contributed by atoms with E-state index in [1.807, 2.05) is 13.8 Å². The fraction of sp³-hybridized carbons (Fsp3) is 0.538. The molecule has 1 saturated carbocycles. The Morgan fingerprint density at radius 2 is 1.88 bits per heavy atom. The van der Waals surface area contributed by atoms with Gasteiger partial charge in [0.2, 0.25) is 0 Å². The highest BCUT2D eigenvalue weighted by Gasteiger charge is 2.39. The molecule has 1 aromatic rings. The molecule has 4 heteroatoms. The maximum atomic E-state index is 10.3. The van der Waals surface area contributed by atoms with Crippen molar-refractivity contribution < 1.29 is 9.84 Å². The molecular formula is C13H18ClNO2. The third kappa shape index (κ3) is 1.69. The van der Waals surface area contributed by atoms with E-state index in [-0.39, 0.29) is 5.75 Å². The number of rotatable bonds is 2. The van der Waals surface area contributed by atoms with E-state index in [4.69, 9.17) is 22.1 Å². The van der Waals surface area contributed by atoms with Crippen LogP contribution < -0.4 is 10.5 Å². The molecule has 1 aromatic carbocycles. The van der Waals surface area contributed by atoms with Gasteiger partial charge in [-0.15, -0.1) is 0 Å². The monoisotopic (exact) mass is 255 g/mol. The molecule has 0 unspecified atom stereocenters. The van der Waals surface area contributed by atoms with E-state index in [1.165, 1.54) is 7.11 Å². The summed E-state index contributed by atoms with van der Waals surface area (Å²) in [4.78, 5) is 0. The minimum Gasteiger partial charge on any atom is -0.504 e. The molecule has 0 atom stereocenters. The van der Waals surface area contributed by atoms with Gasteiger partial charge in [0, 0.05) is 16.7 Å². The number of methoxy groups -OCH3 is 1. The summed E-state index contributed by atoms with van der Waals surface area (Å²) in [5.74, 6) is 0.585. The summed E-state index contributed by atoms with van der Waals surface area (Å²) in [7, 11) is 1.53. The van der Waals surface area contributed by atoms with Gasteiger partial charge >= 0.3 is 0 Å². The largest absolute Gasteiger partial charge is 0.504 e. The van der Waals surface area contributed by atoms with Gasteiger partial charge in [-0.1, -0.05) is 11.6 Å². The van der Waals surface area contributed by atoms with Gasteiger partial charge in [-0.25, -0.2) is 0 Å². The van der Waals surface area contributed by atoms with E-state index in [0.29, 0.717) is 10.8 Å². The van der Waals surface area contributed by atoms with Crippen molar-refractivity contribution >= 4 is 11.6 Å². The molecule has 0 saturated heterocycles. The van der Waals surface area contributed by atoms with E-state index in [2.05, 4.69) is 0 Å². The standard InChI is InChI=1S/C13H18ClNO2/c1-7-9(13(15)5-4-6-13)11(16)12(17-3)8(2)10(7)14/h16H,4-6,15H2,1-3H3. The summed E-state index contributed by atoms with van der Waals surface area (Å²) in [6.07, 6.45) is 2.84. The first kappa shape index (κ1) is 12.5. The molecule has 0 spiro atoms. The van der Waals surface area contributed by atoms with Crippen LogP contribution in [0.2, 0.25) is 5.02 Å². The molecule has 1 fully saturated rings. The molecule has 0 amide bonds. The highest BCUT2D eigenvalue weighted by Crippen LogP contribution is 2.50. The number of halogens is 1. The third-order valence-electron chi connectivity index (χ3n) is 3.77. The van der Waals surface area contributed by atoms with Crippen LogP contribution >= 0.6 is 11.6 Å². The first-order valence-electron chi connectivity index (χ1n) is 5.77. The summed E-state index contributed by atoms with van der Waals surface area (Å²) in [6.45, 7) is 3.73. The second kappa shape index (κ2) is 4.07. The van der Waals surface area contributed by atoms with Crippen LogP contribution in [0.4, 0.5) is 0 Å². The van der Waals surface area contributed by atoms with Crippen LogP contribution in [0.3, 0.4) is 0 Å². The highest BCUT2D eigenvalue weighted by molar-refractivity contribution is 6.32. The molecule has 0 aliphatic heterocycles. The summed E-state index contributed by atoms with van der Waals surface area (Å²) in [6, 6.07) is 0. The zero-order chi connectivity index (χ0) is 12.8. The van der Waals surface area contributed by atoms with Crippen LogP contribution in [0.15, 0.2) is 0 Å². The average Bonchev–Trinajstić information content (AvgIpc) is 2.25. The lowest BCUT2D eigenvalue weighted by molar-refractivity contribution is 0.241. The van der Waals surface area contributed by atoms with Gasteiger partial charge in [-0.3, -0.25) is 0 Å². The SMILES string of the molecule is COc1c(C)c(Cl)c(C)c(C2(N)CCC2)c1O. The number of phenolic OH excluding ortho intramolecular Hbond substituents is 1. The molecule has 0 bridgehead atoms. The Hall–Kier alpha value is -0.930. The molecule has 0 heterocycles. The van der Waals surface area contributed by atoms with E-state index >= 15 is 0 Å². The van der Waals surface area contributed by atoms with Crippen LogP contribution in [0.1, 0.15) is 36.0 Å². The van der Waals surface area contributed by atoms with Crippen molar-refractivity contribution in [2.45, 2.75) is 38.6 Å². The fourth-order valence-electron chi connectivity index (χ4n) is 2.63. The van der Waals surface area contributed by atoms with Crippen molar-refractivity contribution in [2.75, 3.05) is 7.11 Å². The van der Waals surface area contributed by atoms with Crippen LogP contribution in [0.5, 0.6) is 11.5 Å². The van der Waals surface area contributed by atoms with Crippen LogP contribution in [0, 0.1) is 13.8 Å². The topological polar surface area (TPSA) is 55.5 Å². The molecular weight excluding hydrogens is 238 g/mol. The number of ether oxygens (including phenoxy) is 1. The van der Waals surface area contributed by atoms with E-state index in [9.17, 15) is 5.11 Å². The lowest BCUT2D eigenvalue weighted by Crippen LogP contribution is -2.44. The lowest BCUT2D eigenvalue weighted by Gasteiger charge is -2.40. The lowest BCUT2D eigenvalue weighted by atomic mass is 9.70. The predicted molar refractivity (Wildman–Crippen MR) is 68.9 cm³/mol. The summed E-state index contributed by atoms with van der Waals surface area (Å²) in [5.41, 5.74) is 8.22. The second-order valence-corrected chi connectivity index (χ2v) is 5.21. The van der Waals surface area contributed by atoms with Gasteiger partial charge in [0.05, 0.1) is 12.1 Å². The normalized spacial score (nSPS) is 17.7. The Morgan fingerprint density at radius 3 is 2.29 bits per heavy atom. The number of nitrogens with two attached hydrogens (primary N) is 1. The van der Waals surface area contributed by atoms with Crippen molar-refractivity contribution in [1.82, 2.24) is 0 Å². The molecule has 2 rings (SSSR count). The zero-order valence-corrected chi connectivity index (χ0v) is 11.2. The Labute approximate surface area is 107 Å². The minimum atomic E-state index is -0.446. The summed E-state index contributed by atoms with van der Waals surface area (Å²) < 4.78 is 5.23. The van der Waals surface area contributed by atoms with E-state index in [0.717, 1.165) is 36.0 Å². The van der Waals surface area contributed by atoms with Gasteiger partial charge in [-0.2, -0.15) is 0 Å². The zero-order valence-electron chi connectivity index (χ0n) is 10.4. The molecule has 1 aliphatic carbocycles. The van der Waals surface area contributed by atoms with Crippen LogP contribution in [-0.2, 0) is 5.54 Å². The van der Waals surface area contributed by atoms with Gasteiger partial charge < -0.3 is 15.6 Å². The third-order valence-corrected chi connectivity index (χ3v) is 4.34. The second-order valence-electron chi connectivity index (χ2n) is 4.83. The van der Waals surface area contributed by atoms with Crippen molar-refractivity contribution in [2.24, 2.45) is 5.73 Å². The van der Waals surface area contributed by atoms with Crippen LogP contribution in [0.25, 0.3) is 0 Å². The van der Waals surface area contributed by atoms with Gasteiger partial charge in [-0.05, 0) is 38.7 Å². The first-order chi connectivity index (χ1) is 7.92. The van der Waals surface area contributed by atoms with Crippen molar-refractivity contribution in [3.63, 3.8) is 0 Å². The number of benzene rings is 1. The molecule has 0 aromatic heterocycles. The Balaban J connectivity index is 2.70. The Morgan fingerprint density at radius 1 is 1.29 bits per heavy atom. The van der Waals surface area contributed by atoms with Crippen molar-refractivity contribution in [3.05, 3.63) is 21.7 Å². The molecule has 17 heavy (non-hydrogen) atoms. The number of phenols is 1.